The van der Waals surface area contributed by atoms with Gasteiger partial charge in [-0.15, -0.1) is 0 Å². The fourth-order valence-electron chi connectivity index (χ4n) is 4.04. The number of rotatable bonds is 2. The van der Waals surface area contributed by atoms with E-state index in [0.717, 1.165) is 0 Å². The van der Waals surface area contributed by atoms with E-state index in [0.29, 0.717) is 11.8 Å². The van der Waals surface area contributed by atoms with E-state index in [9.17, 15) is 0 Å². The minimum Gasteiger partial charge on any atom is -0.0587 e. The molecule has 2 rings (SSSR count). The van der Waals surface area contributed by atoms with Crippen LogP contribution >= 0.6 is 0 Å². The van der Waals surface area contributed by atoms with Gasteiger partial charge < -0.3 is 0 Å². The van der Waals surface area contributed by atoms with Crippen LogP contribution < -0.4 is 0 Å². The Morgan fingerprint density at radius 2 is 0.923 bits per heavy atom. The van der Waals surface area contributed by atoms with Gasteiger partial charge in [-0.3, -0.25) is 0 Å². The molecule has 0 radical (unpaired) electrons. The van der Waals surface area contributed by atoms with Crippen molar-refractivity contribution in [2.45, 2.75) is 94.9 Å². The van der Waals surface area contributed by atoms with Crippen molar-refractivity contribution in [3.05, 3.63) is 67.8 Å². The van der Waals surface area contributed by atoms with Crippen LogP contribution in [0.4, 0.5) is 0 Å². The molecule has 0 aliphatic carbocycles. The zero-order chi connectivity index (χ0) is 20.3. The summed E-state index contributed by atoms with van der Waals surface area (Å²) in [5.41, 5.74) is 14.6. The first-order valence-electron chi connectivity index (χ1n) is 10.0. The zero-order valence-corrected chi connectivity index (χ0v) is 19.3. The van der Waals surface area contributed by atoms with Crippen molar-refractivity contribution >= 4 is 0 Å². The number of aryl methyl sites for hydroxylation is 3. The molecule has 0 nitrogen and oxygen atoms in total. The van der Waals surface area contributed by atoms with Gasteiger partial charge in [-0.2, -0.15) is 0 Å². The van der Waals surface area contributed by atoms with Crippen LogP contribution in [0.15, 0.2) is 12.1 Å². The fourth-order valence-corrected chi connectivity index (χ4v) is 4.04. The summed E-state index contributed by atoms with van der Waals surface area (Å²) < 4.78 is 0. The lowest BCUT2D eigenvalue weighted by atomic mass is 9.88. The van der Waals surface area contributed by atoms with Gasteiger partial charge in [0.1, 0.15) is 0 Å². The van der Waals surface area contributed by atoms with Crippen molar-refractivity contribution < 1.29 is 0 Å². The fraction of sp³-hybridized carbons (Fsp3) is 0.538. The van der Waals surface area contributed by atoms with Crippen LogP contribution in [0, 0.1) is 55.4 Å². The van der Waals surface area contributed by atoms with Crippen LogP contribution in [-0.2, 0) is 0 Å². The van der Waals surface area contributed by atoms with E-state index in [1.165, 1.54) is 55.6 Å². The lowest BCUT2D eigenvalue weighted by Gasteiger charge is -2.17. The highest BCUT2D eigenvalue weighted by Crippen LogP contribution is 2.28. The molecule has 0 aromatic heterocycles. The zero-order valence-electron chi connectivity index (χ0n) is 19.3. The standard InChI is InChI=1S/2C13H20/c1-8(2)13-7-9(3)10(4)11(5)12(13)6;1-8(2)13-10(4)7-9(3)11(5)12(13)6/h2*7-8H,1-6H3. The summed E-state index contributed by atoms with van der Waals surface area (Å²) in [6.07, 6.45) is 0. The molecule has 0 aliphatic rings. The van der Waals surface area contributed by atoms with E-state index in [2.05, 4.69) is 95.2 Å². The Morgan fingerprint density at radius 3 is 1.38 bits per heavy atom. The molecule has 0 saturated heterocycles. The molecule has 0 heteroatoms. The van der Waals surface area contributed by atoms with E-state index >= 15 is 0 Å². The van der Waals surface area contributed by atoms with Crippen molar-refractivity contribution in [1.82, 2.24) is 0 Å². The minimum atomic E-state index is 0.637. The highest BCUT2D eigenvalue weighted by molar-refractivity contribution is 5.46. The molecule has 0 unspecified atom stereocenters. The molecule has 2 aromatic carbocycles. The van der Waals surface area contributed by atoms with E-state index < -0.39 is 0 Å². The average molecular weight is 353 g/mol. The molecular formula is C26H40. The Balaban J connectivity index is 0.000000260. The normalized spacial score (nSPS) is 11.0. The van der Waals surface area contributed by atoms with E-state index in [4.69, 9.17) is 0 Å². The van der Waals surface area contributed by atoms with Crippen molar-refractivity contribution in [3.8, 4) is 0 Å². The maximum absolute atomic E-state index is 2.34. The predicted octanol–water partition coefficient (Wildman–Crippen LogP) is 8.09. The quantitative estimate of drug-likeness (QED) is 0.512. The average Bonchev–Trinajstić information content (AvgIpc) is 2.54. The van der Waals surface area contributed by atoms with Crippen LogP contribution in [0.2, 0.25) is 0 Å². The minimum absolute atomic E-state index is 0.637. The van der Waals surface area contributed by atoms with Crippen molar-refractivity contribution in [2.75, 3.05) is 0 Å². The van der Waals surface area contributed by atoms with E-state index in [1.54, 1.807) is 0 Å². The first kappa shape index (κ1) is 22.5. The van der Waals surface area contributed by atoms with Gasteiger partial charge in [0.15, 0.2) is 0 Å². The smallest absolute Gasteiger partial charge is 0.0213 e. The van der Waals surface area contributed by atoms with Gasteiger partial charge in [-0.25, -0.2) is 0 Å². The van der Waals surface area contributed by atoms with Crippen LogP contribution in [0.1, 0.15) is 95.2 Å². The second-order valence-electron chi connectivity index (χ2n) is 8.64. The molecular weight excluding hydrogens is 312 g/mol. The highest BCUT2D eigenvalue weighted by Gasteiger charge is 2.10. The van der Waals surface area contributed by atoms with Crippen LogP contribution in [0.5, 0.6) is 0 Å². The third kappa shape index (κ3) is 4.78. The van der Waals surface area contributed by atoms with Crippen LogP contribution in [0.3, 0.4) is 0 Å². The molecule has 0 aliphatic heterocycles. The lowest BCUT2D eigenvalue weighted by Crippen LogP contribution is -2.00. The Kier molecular flexibility index (Phi) is 7.69. The van der Waals surface area contributed by atoms with Gasteiger partial charge in [-0.1, -0.05) is 39.8 Å². The summed E-state index contributed by atoms with van der Waals surface area (Å²) in [5.74, 6) is 1.28. The second kappa shape index (κ2) is 8.89. The first-order valence-corrected chi connectivity index (χ1v) is 10.0. The summed E-state index contributed by atoms with van der Waals surface area (Å²) in [4.78, 5) is 0. The Hall–Kier alpha value is -1.56. The van der Waals surface area contributed by atoms with Crippen molar-refractivity contribution in [2.24, 2.45) is 0 Å². The molecule has 0 saturated carbocycles. The van der Waals surface area contributed by atoms with Gasteiger partial charge in [0.25, 0.3) is 0 Å². The summed E-state index contributed by atoms with van der Waals surface area (Å²) in [6, 6.07) is 4.64. The topological polar surface area (TPSA) is 0 Å². The Bertz CT molecular complexity index is 774. The molecule has 2 aromatic rings. The monoisotopic (exact) mass is 352 g/mol. The maximum atomic E-state index is 2.34. The Morgan fingerprint density at radius 1 is 0.462 bits per heavy atom. The molecule has 144 valence electrons. The lowest BCUT2D eigenvalue weighted by molar-refractivity contribution is 0.841. The van der Waals surface area contributed by atoms with Gasteiger partial charge in [0, 0.05) is 0 Å². The third-order valence-corrected chi connectivity index (χ3v) is 6.14. The summed E-state index contributed by atoms with van der Waals surface area (Å²) in [5, 5.41) is 0. The molecule has 0 heterocycles. The van der Waals surface area contributed by atoms with Crippen LogP contribution in [0.25, 0.3) is 0 Å². The van der Waals surface area contributed by atoms with E-state index in [-0.39, 0.29) is 0 Å². The predicted molar refractivity (Wildman–Crippen MR) is 119 cm³/mol. The number of hydrogen-bond donors (Lipinski definition) is 0. The summed E-state index contributed by atoms with van der Waals surface area (Å²) in [6.45, 7) is 26.8. The third-order valence-electron chi connectivity index (χ3n) is 6.14. The van der Waals surface area contributed by atoms with E-state index in [1.807, 2.05) is 0 Å². The number of hydrogen-bond acceptors (Lipinski definition) is 0. The highest BCUT2D eigenvalue weighted by atomic mass is 14.2. The molecule has 0 atom stereocenters. The molecule has 0 amide bonds. The van der Waals surface area contributed by atoms with Crippen LogP contribution in [-0.4, -0.2) is 0 Å². The number of benzene rings is 2. The largest absolute Gasteiger partial charge is 0.0587 e. The molecule has 0 bridgehead atoms. The first-order chi connectivity index (χ1) is 11.9. The van der Waals surface area contributed by atoms with Gasteiger partial charge in [-0.05, 0) is 123 Å². The summed E-state index contributed by atoms with van der Waals surface area (Å²) in [7, 11) is 0. The maximum Gasteiger partial charge on any atom is -0.0213 e. The van der Waals surface area contributed by atoms with Crippen molar-refractivity contribution in [1.29, 1.82) is 0 Å². The molecule has 0 fully saturated rings. The van der Waals surface area contributed by atoms with Gasteiger partial charge >= 0.3 is 0 Å². The van der Waals surface area contributed by atoms with Gasteiger partial charge in [0.05, 0.1) is 0 Å². The molecule has 26 heavy (non-hydrogen) atoms. The molecule has 0 spiro atoms. The van der Waals surface area contributed by atoms with Crippen molar-refractivity contribution in [3.63, 3.8) is 0 Å². The molecule has 0 N–H and O–H groups in total. The summed E-state index contributed by atoms with van der Waals surface area (Å²) >= 11 is 0. The Labute approximate surface area is 163 Å². The van der Waals surface area contributed by atoms with Gasteiger partial charge in [0.2, 0.25) is 0 Å². The SMILES string of the molecule is Cc1cc(C(C)C)c(C)c(C)c1C.Cc1cc(C)c(C(C)C)c(C)c1C. The second-order valence-corrected chi connectivity index (χ2v) is 8.64.